The molecule has 1 amide bonds. The number of methoxy groups -OCH3 is 1. The van der Waals surface area contributed by atoms with E-state index in [-0.39, 0.29) is 28.9 Å². The maximum Gasteiger partial charge on any atom is 0.410 e. The summed E-state index contributed by atoms with van der Waals surface area (Å²) in [6.07, 6.45) is 1.87. The Kier molecular flexibility index (Phi) is 9.72. The molecule has 0 bridgehead atoms. The molecule has 1 aliphatic heterocycles. The van der Waals surface area contributed by atoms with E-state index >= 15 is 0 Å². The highest BCUT2D eigenvalue weighted by molar-refractivity contribution is 7.99. The summed E-state index contributed by atoms with van der Waals surface area (Å²) in [7, 11) is -2.22. The van der Waals surface area contributed by atoms with Gasteiger partial charge in [0.15, 0.2) is 0 Å². The molecule has 0 saturated carbocycles. The molecule has 0 N–H and O–H groups in total. The van der Waals surface area contributed by atoms with Crippen molar-refractivity contribution in [3.05, 3.63) is 59.7 Å². The van der Waals surface area contributed by atoms with Crippen LogP contribution in [0.25, 0.3) is 0 Å². The van der Waals surface area contributed by atoms with Gasteiger partial charge in [-0.05, 0) is 76.8 Å². The number of hydrogen-bond acceptors (Lipinski definition) is 7. The Balaban J connectivity index is 1.71. The van der Waals surface area contributed by atoms with Gasteiger partial charge < -0.3 is 14.4 Å². The molecule has 2 aromatic rings. The lowest BCUT2D eigenvalue weighted by Gasteiger charge is -2.33. The molecule has 7 nitrogen and oxygen atoms in total. The van der Waals surface area contributed by atoms with Crippen LogP contribution >= 0.6 is 11.8 Å². The van der Waals surface area contributed by atoms with Crippen molar-refractivity contribution in [2.45, 2.75) is 74.5 Å². The zero-order chi connectivity index (χ0) is 26.3. The second kappa shape index (κ2) is 12.3. The minimum atomic E-state index is -3.85. The molecule has 198 valence electrons. The van der Waals surface area contributed by atoms with Gasteiger partial charge in [0.05, 0.1) is 18.6 Å². The van der Waals surface area contributed by atoms with E-state index in [0.29, 0.717) is 13.0 Å². The van der Waals surface area contributed by atoms with E-state index in [1.54, 1.807) is 48.0 Å². The van der Waals surface area contributed by atoms with Crippen molar-refractivity contribution in [2.24, 2.45) is 0 Å². The average molecular weight is 536 g/mol. The molecular formula is C27H37NO6S2. The lowest BCUT2D eigenvalue weighted by molar-refractivity contribution is 0.0221. The molecule has 36 heavy (non-hydrogen) atoms. The van der Waals surface area contributed by atoms with E-state index in [1.165, 1.54) is 0 Å². The Hall–Kier alpha value is -2.23. The van der Waals surface area contributed by atoms with E-state index in [4.69, 9.17) is 13.7 Å². The van der Waals surface area contributed by atoms with E-state index in [9.17, 15) is 13.2 Å². The van der Waals surface area contributed by atoms with E-state index < -0.39 is 15.7 Å². The molecule has 0 spiro atoms. The highest BCUT2D eigenvalue weighted by atomic mass is 32.2. The van der Waals surface area contributed by atoms with E-state index in [1.807, 2.05) is 52.0 Å². The van der Waals surface area contributed by atoms with Crippen LogP contribution in [-0.4, -0.2) is 56.6 Å². The summed E-state index contributed by atoms with van der Waals surface area (Å²) in [5, 5.41) is -0.0182. The Morgan fingerprint density at radius 3 is 2.39 bits per heavy atom. The number of amides is 1. The van der Waals surface area contributed by atoms with Crippen LogP contribution in [0.3, 0.4) is 0 Å². The smallest absolute Gasteiger partial charge is 0.410 e. The van der Waals surface area contributed by atoms with Gasteiger partial charge in [0.1, 0.15) is 11.4 Å². The van der Waals surface area contributed by atoms with Crippen LogP contribution in [-0.2, 0) is 24.8 Å². The van der Waals surface area contributed by atoms with Crippen molar-refractivity contribution in [2.75, 3.05) is 20.3 Å². The zero-order valence-corrected chi connectivity index (χ0v) is 23.4. The van der Waals surface area contributed by atoms with Crippen molar-refractivity contribution in [3.63, 3.8) is 0 Å². The van der Waals surface area contributed by atoms with Crippen LogP contribution < -0.4 is 4.74 Å². The first kappa shape index (κ1) is 28.3. The molecule has 9 heteroatoms. The van der Waals surface area contributed by atoms with Gasteiger partial charge in [-0.15, -0.1) is 0 Å². The van der Waals surface area contributed by atoms with Gasteiger partial charge in [-0.2, -0.15) is 20.2 Å². The quantitative estimate of drug-likeness (QED) is 0.356. The number of aryl methyl sites for hydroxylation is 1. The number of hydrogen-bond donors (Lipinski definition) is 0. The minimum absolute atomic E-state index is 0.0182. The number of likely N-dealkylation sites (tertiary alicyclic amines) is 1. The number of rotatable bonds is 10. The summed E-state index contributed by atoms with van der Waals surface area (Å²) in [4.78, 5) is 14.9. The molecule has 1 aliphatic rings. The van der Waals surface area contributed by atoms with Crippen molar-refractivity contribution >= 4 is 28.0 Å². The van der Waals surface area contributed by atoms with Gasteiger partial charge in [-0.25, -0.2) is 4.79 Å². The molecule has 0 aliphatic carbocycles. The molecule has 2 atom stereocenters. The summed E-state index contributed by atoms with van der Waals surface area (Å²) >= 11 is 1.71. The lowest BCUT2D eigenvalue weighted by Crippen LogP contribution is -2.44. The lowest BCUT2D eigenvalue weighted by atomic mass is 10.1. The van der Waals surface area contributed by atoms with Crippen LogP contribution in [0, 0.1) is 6.92 Å². The van der Waals surface area contributed by atoms with Crippen LogP contribution in [0.4, 0.5) is 4.79 Å². The number of nitrogens with zero attached hydrogens (tertiary/aromatic N) is 1. The first-order valence-electron chi connectivity index (χ1n) is 12.2. The monoisotopic (exact) mass is 535 g/mol. The van der Waals surface area contributed by atoms with Gasteiger partial charge in [-0.1, -0.05) is 29.8 Å². The number of carbonyl (C=O) groups excluding carboxylic acids is 1. The third-order valence-electron chi connectivity index (χ3n) is 5.93. The fourth-order valence-corrected chi connectivity index (χ4v) is 6.37. The Labute approximate surface area is 219 Å². The van der Waals surface area contributed by atoms with Crippen LogP contribution in [0.2, 0.25) is 0 Å². The molecule has 3 rings (SSSR count). The maximum absolute atomic E-state index is 12.9. The first-order valence-corrected chi connectivity index (χ1v) is 14.6. The largest absolute Gasteiger partial charge is 0.497 e. The van der Waals surface area contributed by atoms with Gasteiger partial charge in [-0.3, -0.25) is 4.18 Å². The number of carbonyl (C=O) groups is 1. The Bertz CT molecular complexity index is 1090. The highest BCUT2D eigenvalue weighted by Gasteiger charge is 2.37. The van der Waals surface area contributed by atoms with E-state index in [2.05, 4.69) is 0 Å². The highest BCUT2D eigenvalue weighted by Crippen LogP contribution is 2.33. The molecule has 1 saturated heterocycles. The summed E-state index contributed by atoms with van der Waals surface area (Å²) in [5.74, 6) is 1.51. The summed E-state index contributed by atoms with van der Waals surface area (Å²) in [6, 6.07) is 14.4. The second-order valence-electron chi connectivity index (χ2n) is 9.96. The van der Waals surface area contributed by atoms with Crippen LogP contribution in [0.15, 0.2) is 53.4 Å². The van der Waals surface area contributed by atoms with Crippen molar-refractivity contribution < 1.29 is 26.9 Å². The molecule has 2 unspecified atom stereocenters. The number of ether oxygens (including phenoxy) is 2. The normalized spacial score (nSPS) is 17.1. The van der Waals surface area contributed by atoms with Crippen LogP contribution in [0.1, 0.15) is 51.2 Å². The Morgan fingerprint density at radius 2 is 1.78 bits per heavy atom. The van der Waals surface area contributed by atoms with E-state index in [0.717, 1.165) is 35.5 Å². The number of thioether (sulfide) groups is 1. The van der Waals surface area contributed by atoms with Gasteiger partial charge in [0.25, 0.3) is 10.1 Å². The van der Waals surface area contributed by atoms with Gasteiger partial charge >= 0.3 is 6.09 Å². The molecule has 1 heterocycles. The fraction of sp³-hybridized carbons (Fsp3) is 0.519. The van der Waals surface area contributed by atoms with Gasteiger partial charge in [0.2, 0.25) is 0 Å². The van der Waals surface area contributed by atoms with Crippen molar-refractivity contribution in [1.82, 2.24) is 4.90 Å². The average Bonchev–Trinajstić information content (AvgIpc) is 3.31. The predicted octanol–water partition coefficient (Wildman–Crippen LogP) is 5.80. The summed E-state index contributed by atoms with van der Waals surface area (Å²) in [6.45, 7) is 8.14. The fourth-order valence-electron chi connectivity index (χ4n) is 4.09. The molecule has 0 aromatic heterocycles. The third-order valence-corrected chi connectivity index (χ3v) is 8.73. The molecule has 0 radical (unpaired) electrons. The molecular weight excluding hydrogens is 498 g/mol. The standard InChI is InChI=1S/C27H37NO6S2/c1-20-8-14-23(15-9-20)36(30,31)33-18-16-25(35-19-21-10-12-22(32-5)13-11-21)24-7-6-17-28(24)26(29)34-27(2,3)4/h8-15,24-25H,6-7,16-19H2,1-5H3. The van der Waals surface area contributed by atoms with Crippen LogP contribution in [0.5, 0.6) is 5.75 Å². The molecule has 2 aromatic carbocycles. The summed E-state index contributed by atoms with van der Waals surface area (Å²) < 4.78 is 41.7. The zero-order valence-electron chi connectivity index (χ0n) is 21.7. The third kappa shape index (κ3) is 8.15. The topological polar surface area (TPSA) is 82.1 Å². The minimum Gasteiger partial charge on any atom is -0.497 e. The first-order chi connectivity index (χ1) is 17.0. The number of benzene rings is 2. The SMILES string of the molecule is COc1ccc(CSC(CCOS(=O)(=O)c2ccc(C)cc2)C2CCCN2C(=O)OC(C)(C)C)cc1. The predicted molar refractivity (Wildman–Crippen MR) is 143 cm³/mol. The molecule has 1 fully saturated rings. The maximum atomic E-state index is 12.9. The van der Waals surface area contributed by atoms with Crippen molar-refractivity contribution in [1.29, 1.82) is 0 Å². The second-order valence-corrected chi connectivity index (χ2v) is 12.8. The summed E-state index contributed by atoms with van der Waals surface area (Å²) in [5.41, 5.74) is 1.52. The Morgan fingerprint density at radius 1 is 1.11 bits per heavy atom. The van der Waals surface area contributed by atoms with Crippen molar-refractivity contribution in [3.8, 4) is 5.75 Å². The van der Waals surface area contributed by atoms with Gasteiger partial charge in [0, 0.05) is 23.6 Å².